The van der Waals surface area contributed by atoms with Gasteiger partial charge in [-0.05, 0) is 67.4 Å². The van der Waals surface area contributed by atoms with E-state index in [0.29, 0.717) is 29.6 Å². The Hall–Kier alpha value is -2.60. The molecule has 2 aromatic rings. The van der Waals surface area contributed by atoms with E-state index in [4.69, 9.17) is 21.7 Å². The highest BCUT2D eigenvalue weighted by Gasteiger charge is 2.19. The lowest BCUT2D eigenvalue weighted by Crippen LogP contribution is -2.46. The number of benzene rings is 2. The fourth-order valence-electron chi connectivity index (χ4n) is 3.00. The summed E-state index contributed by atoms with van der Waals surface area (Å²) in [7, 11) is 0. The maximum atomic E-state index is 12.4. The molecular weight excluding hydrogens is 372 g/mol. The predicted molar refractivity (Wildman–Crippen MR) is 114 cm³/mol. The standard InChI is InChI=1S/C22H26N2O3S/c1-17-11-13-24(14-12-17)22(28)23-21(25)18-7-9-20(10-8-18)27-16-15-26-19-5-3-2-4-6-19/h2-10,17H,11-16H2,1H3,(H,23,25,28). The van der Waals surface area contributed by atoms with Crippen LogP contribution >= 0.6 is 12.2 Å². The third kappa shape index (κ3) is 5.96. The monoisotopic (exact) mass is 398 g/mol. The summed E-state index contributed by atoms with van der Waals surface area (Å²) in [5.74, 6) is 2.04. The Balaban J connectivity index is 1.41. The minimum absolute atomic E-state index is 0.192. The number of likely N-dealkylation sites (tertiary alicyclic amines) is 1. The molecule has 0 unspecified atom stereocenters. The summed E-state index contributed by atoms with van der Waals surface area (Å²) < 4.78 is 11.2. The van der Waals surface area contributed by atoms with Crippen molar-refractivity contribution in [3.05, 3.63) is 60.2 Å². The first-order valence-electron chi connectivity index (χ1n) is 9.63. The minimum atomic E-state index is -0.192. The van der Waals surface area contributed by atoms with Gasteiger partial charge in [0.05, 0.1) is 0 Å². The third-order valence-corrected chi connectivity index (χ3v) is 5.13. The predicted octanol–water partition coefficient (Wildman–Crippen LogP) is 3.89. The first-order valence-corrected chi connectivity index (χ1v) is 10.0. The van der Waals surface area contributed by atoms with Gasteiger partial charge >= 0.3 is 0 Å². The van der Waals surface area contributed by atoms with Crippen molar-refractivity contribution in [3.8, 4) is 11.5 Å². The highest BCUT2D eigenvalue weighted by Crippen LogP contribution is 2.16. The number of carbonyl (C=O) groups excluding carboxylic acids is 1. The lowest BCUT2D eigenvalue weighted by Gasteiger charge is -2.32. The number of hydrogen-bond acceptors (Lipinski definition) is 4. The van der Waals surface area contributed by atoms with Gasteiger partial charge in [-0.15, -0.1) is 0 Å². The number of hydrogen-bond donors (Lipinski definition) is 1. The van der Waals surface area contributed by atoms with Crippen LogP contribution in [-0.4, -0.2) is 42.2 Å². The molecule has 1 N–H and O–H groups in total. The number of amides is 1. The Kier molecular flexibility index (Phi) is 7.25. The number of nitrogens with one attached hydrogen (secondary N) is 1. The number of para-hydroxylation sites is 1. The number of thiocarbonyl (C=S) groups is 1. The van der Waals surface area contributed by atoms with Gasteiger partial charge in [0.25, 0.3) is 5.91 Å². The number of piperidine rings is 1. The maximum absolute atomic E-state index is 12.4. The van der Waals surface area contributed by atoms with E-state index >= 15 is 0 Å². The van der Waals surface area contributed by atoms with Crippen LogP contribution in [0.15, 0.2) is 54.6 Å². The zero-order chi connectivity index (χ0) is 19.8. The van der Waals surface area contributed by atoms with E-state index in [1.807, 2.05) is 30.3 Å². The third-order valence-electron chi connectivity index (χ3n) is 4.77. The second-order valence-electron chi connectivity index (χ2n) is 6.96. The van der Waals surface area contributed by atoms with Crippen molar-refractivity contribution in [2.75, 3.05) is 26.3 Å². The van der Waals surface area contributed by atoms with E-state index in [1.54, 1.807) is 24.3 Å². The molecule has 0 spiro atoms. The van der Waals surface area contributed by atoms with Gasteiger partial charge in [-0.1, -0.05) is 25.1 Å². The summed E-state index contributed by atoms with van der Waals surface area (Å²) in [4.78, 5) is 14.5. The largest absolute Gasteiger partial charge is 0.490 e. The lowest BCUT2D eigenvalue weighted by molar-refractivity contribution is 0.0972. The molecule has 1 heterocycles. The molecule has 5 nitrogen and oxygen atoms in total. The number of carbonyl (C=O) groups is 1. The molecule has 1 saturated heterocycles. The van der Waals surface area contributed by atoms with Crippen LogP contribution in [0.3, 0.4) is 0 Å². The zero-order valence-electron chi connectivity index (χ0n) is 16.1. The number of ether oxygens (including phenoxy) is 2. The fraction of sp³-hybridized carbons (Fsp3) is 0.364. The normalized spacial score (nSPS) is 14.4. The van der Waals surface area contributed by atoms with Crippen LogP contribution in [0.5, 0.6) is 11.5 Å². The molecule has 3 rings (SSSR count). The second-order valence-corrected chi connectivity index (χ2v) is 7.35. The van der Waals surface area contributed by atoms with Crippen LogP contribution in [-0.2, 0) is 0 Å². The van der Waals surface area contributed by atoms with Crippen molar-refractivity contribution in [3.63, 3.8) is 0 Å². The van der Waals surface area contributed by atoms with Crippen LogP contribution in [0.25, 0.3) is 0 Å². The average Bonchev–Trinajstić information content (AvgIpc) is 2.73. The smallest absolute Gasteiger partial charge is 0.257 e. The molecule has 0 saturated carbocycles. The van der Waals surface area contributed by atoms with Crippen LogP contribution < -0.4 is 14.8 Å². The molecule has 0 bridgehead atoms. The van der Waals surface area contributed by atoms with Crippen molar-refractivity contribution in [1.82, 2.24) is 10.2 Å². The maximum Gasteiger partial charge on any atom is 0.257 e. The van der Waals surface area contributed by atoms with Gasteiger partial charge in [-0.2, -0.15) is 0 Å². The van der Waals surface area contributed by atoms with Crippen molar-refractivity contribution in [2.45, 2.75) is 19.8 Å². The SMILES string of the molecule is CC1CCN(C(=S)NC(=O)c2ccc(OCCOc3ccccc3)cc2)CC1. The van der Waals surface area contributed by atoms with Gasteiger partial charge in [-0.25, -0.2) is 0 Å². The van der Waals surface area contributed by atoms with E-state index in [9.17, 15) is 4.79 Å². The summed E-state index contributed by atoms with van der Waals surface area (Å²) in [5.41, 5.74) is 0.556. The first kappa shape index (κ1) is 20.1. The van der Waals surface area contributed by atoms with Gasteiger partial charge < -0.3 is 14.4 Å². The quantitative estimate of drug-likeness (QED) is 0.591. The van der Waals surface area contributed by atoms with E-state index in [0.717, 1.165) is 37.6 Å². The number of rotatable bonds is 6. The van der Waals surface area contributed by atoms with E-state index in [1.165, 1.54) is 0 Å². The van der Waals surface area contributed by atoms with Crippen LogP contribution in [0.2, 0.25) is 0 Å². The van der Waals surface area contributed by atoms with Crippen molar-refractivity contribution < 1.29 is 14.3 Å². The Morgan fingerprint density at radius 2 is 1.57 bits per heavy atom. The molecule has 0 radical (unpaired) electrons. The van der Waals surface area contributed by atoms with Crippen LogP contribution in [0.4, 0.5) is 0 Å². The molecule has 2 aromatic carbocycles. The first-order chi connectivity index (χ1) is 13.6. The molecule has 1 amide bonds. The van der Waals surface area contributed by atoms with Gasteiger partial charge in [0.2, 0.25) is 0 Å². The fourth-order valence-corrected chi connectivity index (χ4v) is 3.27. The van der Waals surface area contributed by atoms with Gasteiger partial charge in [-0.3, -0.25) is 10.1 Å². The average molecular weight is 399 g/mol. The molecule has 1 aliphatic heterocycles. The highest BCUT2D eigenvalue weighted by molar-refractivity contribution is 7.80. The summed E-state index contributed by atoms with van der Waals surface area (Å²) >= 11 is 5.38. The van der Waals surface area contributed by atoms with Gasteiger partial charge in [0, 0.05) is 18.7 Å². The van der Waals surface area contributed by atoms with E-state index < -0.39 is 0 Å². The van der Waals surface area contributed by atoms with Crippen LogP contribution in [0, 0.1) is 5.92 Å². The van der Waals surface area contributed by atoms with Crippen LogP contribution in [0.1, 0.15) is 30.1 Å². The number of nitrogens with zero attached hydrogens (tertiary/aromatic N) is 1. The molecule has 0 aromatic heterocycles. The topological polar surface area (TPSA) is 50.8 Å². The van der Waals surface area contributed by atoms with Crippen molar-refractivity contribution in [1.29, 1.82) is 0 Å². The summed E-state index contributed by atoms with van der Waals surface area (Å²) in [6.45, 7) is 4.93. The van der Waals surface area contributed by atoms with Crippen molar-refractivity contribution >= 4 is 23.2 Å². The Morgan fingerprint density at radius 1 is 1.00 bits per heavy atom. The van der Waals surface area contributed by atoms with Gasteiger partial charge in [0.15, 0.2) is 5.11 Å². The molecule has 0 atom stereocenters. The molecular formula is C22H26N2O3S. The van der Waals surface area contributed by atoms with E-state index in [-0.39, 0.29) is 5.91 Å². The second kappa shape index (κ2) is 10.1. The molecule has 28 heavy (non-hydrogen) atoms. The van der Waals surface area contributed by atoms with Crippen molar-refractivity contribution in [2.24, 2.45) is 5.92 Å². The van der Waals surface area contributed by atoms with E-state index in [2.05, 4.69) is 17.1 Å². The summed E-state index contributed by atoms with van der Waals surface area (Å²) in [6, 6.07) is 16.7. The summed E-state index contributed by atoms with van der Waals surface area (Å²) in [5, 5.41) is 3.34. The Labute approximate surface area is 171 Å². The molecule has 1 aliphatic rings. The Morgan fingerprint density at radius 3 is 2.18 bits per heavy atom. The lowest BCUT2D eigenvalue weighted by atomic mass is 10.00. The van der Waals surface area contributed by atoms with Gasteiger partial charge in [0.1, 0.15) is 24.7 Å². The molecule has 1 fully saturated rings. The molecule has 6 heteroatoms. The molecule has 148 valence electrons. The zero-order valence-corrected chi connectivity index (χ0v) is 16.9. The highest BCUT2D eigenvalue weighted by atomic mass is 32.1. The minimum Gasteiger partial charge on any atom is -0.490 e. The molecule has 0 aliphatic carbocycles. The summed E-state index contributed by atoms with van der Waals surface area (Å²) in [6.07, 6.45) is 2.21. The Bertz CT molecular complexity index is 772.